The Kier molecular flexibility index (Phi) is 4.97. The van der Waals surface area contributed by atoms with E-state index in [-0.39, 0.29) is 11.9 Å². The SMILES string of the molecule is CCc1ccccc1C(=O)NCC1CCCCC1N. The Balaban J connectivity index is 1.93. The van der Waals surface area contributed by atoms with Gasteiger partial charge in [0.2, 0.25) is 0 Å². The first-order valence-corrected chi connectivity index (χ1v) is 7.34. The van der Waals surface area contributed by atoms with Gasteiger partial charge in [-0.2, -0.15) is 0 Å². The maximum Gasteiger partial charge on any atom is 0.251 e. The third-order valence-corrected chi connectivity index (χ3v) is 4.14. The van der Waals surface area contributed by atoms with Crippen LogP contribution in [0.4, 0.5) is 0 Å². The summed E-state index contributed by atoms with van der Waals surface area (Å²) < 4.78 is 0. The molecule has 19 heavy (non-hydrogen) atoms. The van der Waals surface area contributed by atoms with Crippen LogP contribution in [-0.2, 0) is 6.42 Å². The van der Waals surface area contributed by atoms with Gasteiger partial charge < -0.3 is 11.1 Å². The van der Waals surface area contributed by atoms with Gasteiger partial charge in [-0.25, -0.2) is 0 Å². The van der Waals surface area contributed by atoms with Crippen molar-refractivity contribution in [1.82, 2.24) is 5.32 Å². The lowest BCUT2D eigenvalue weighted by Gasteiger charge is -2.28. The predicted molar refractivity (Wildman–Crippen MR) is 78.1 cm³/mol. The minimum Gasteiger partial charge on any atom is -0.352 e. The highest BCUT2D eigenvalue weighted by molar-refractivity contribution is 5.95. The number of aryl methyl sites for hydroxylation is 1. The second-order valence-electron chi connectivity index (χ2n) is 5.43. The van der Waals surface area contributed by atoms with E-state index in [1.807, 2.05) is 24.3 Å². The van der Waals surface area contributed by atoms with Gasteiger partial charge in [0.05, 0.1) is 0 Å². The first-order valence-electron chi connectivity index (χ1n) is 7.34. The van der Waals surface area contributed by atoms with Crippen molar-refractivity contribution in [3.05, 3.63) is 35.4 Å². The summed E-state index contributed by atoms with van der Waals surface area (Å²) >= 11 is 0. The van der Waals surface area contributed by atoms with Gasteiger partial charge in [-0.05, 0) is 36.8 Å². The van der Waals surface area contributed by atoms with Crippen LogP contribution < -0.4 is 11.1 Å². The molecule has 3 heteroatoms. The Morgan fingerprint density at radius 1 is 1.32 bits per heavy atom. The highest BCUT2D eigenvalue weighted by atomic mass is 16.1. The Labute approximate surface area is 115 Å². The highest BCUT2D eigenvalue weighted by Gasteiger charge is 2.22. The summed E-state index contributed by atoms with van der Waals surface area (Å²) in [6.07, 6.45) is 5.57. The lowest BCUT2D eigenvalue weighted by molar-refractivity contribution is 0.0940. The molecule has 104 valence electrons. The van der Waals surface area contributed by atoms with E-state index in [1.54, 1.807) is 0 Å². The first kappa shape index (κ1) is 14.1. The Hall–Kier alpha value is -1.35. The van der Waals surface area contributed by atoms with Crippen molar-refractivity contribution in [2.24, 2.45) is 11.7 Å². The zero-order valence-electron chi connectivity index (χ0n) is 11.7. The summed E-state index contributed by atoms with van der Waals surface area (Å²) in [4.78, 5) is 12.2. The van der Waals surface area contributed by atoms with E-state index < -0.39 is 0 Å². The number of carbonyl (C=O) groups excluding carboxylic acids is 1. The molecule has 1 aromatic carbocycles. The quantitative estimate of drug-likeness (QED) is 0.874. The summed E-state index contributed by atoms with van der Waals surface area (Å²) in [5, 5.41) is 3.05. The molecule has 0 aliphatic heterocycles. The van der Waals surface area contributed by atoms with Gasteiger partial charge in [0.25, 0.3) is 5.91 Å². The van der Waals surface area contributed by atoms with Gasteiger partial charge in [0.15, 0.2) is 0 Å². The van der Waals surface area contributed by atoms with Crippen LogP contribution in [0.25, 0.3) is 0 Å². The number of nitrogens with two attached hydrogens (primary N) is 1. The lowest BCUT2D eigenvalue weighted by atomic mass is 9.85. The second-order valence-corrected chi connectivity index (χ2v) is 5.43. The summed E-state index contributed by atoms with van der Waals surface area (Å²) in [5.74, 6) is 0.474. The normalized spacial score (nSPS) is 23.1. The van der Waals surface area contributed by atoms with E-state index in [0.29, 0.717) is 12.5 Å². The maximum absolute atomic E-state index is 12.2. The summed E-state index contributed by atoms with van der Waals surface area (Å²) in [6.45, 7) is 2.78. The molecule has 0 bridgehead atoms. The van der Waals surface area contributed by atoms with Crippen molar-refractivity contribution in [2.45, 2.75) is 45.1 Å². The van der Waals surface area contributed by atoms with Gasteiger partial charge in [-0.15, -0.1) is 0 Å². The molecule has 2 atom stereocenters. The molecule has 0 spiro atoms. The summed E-state index contributed by atoms with van der Waals surface area (Å²) in [7, 11) is 0. The zero-order chi connectivity index (χ0) is 13.7. The standard InChI is InChI=1S/C16H24N2O/c1-2-12-7-3-5-9-14(12)16(19)18-11-13-8-4-6-10-15(13)17/h3,5,7,9,13,15H,2,4,6,8,10-11,17H2,1H3,(H,18,19). The van der Waals surface area contributed by atoms with Crippen molar-refractivity contribution < 1.29 is 4.79 Å². The monoisotopic (exact) mass is 260 g/mol. The fraction of sp³-hybridized carbons (Fsp3) is 0.562. The molecule has 1 saturated carbocycles. The average molecular weight is 260 g/mol. The van der Waals surface area contributed by atoms with Crippen LogP contribution in [0.15, 0.2) is 24.3 Å². The third kappa shape index (κ3) is 3.57. The Morgan fingerprint density at radius 2 is 2.05 bits per heavy atom. The van der Waals surface area contributed by atoms with Crippen LogP contribution in [0, 0.1) is 5.92 Å². The molecule has 0 radical (unpaired) electrons. The molecule has 0 saturated heterocycles. The van der Waals surface area contributed by atoms with Crippen molar-refractivity contribution in [3.8, 4) is 0 Å². The molecule has 1 aliphatic carbocycles. The molecule has 3 N–H and O–H groups in total. The molecular formula is C16H24N2O. The van der Waals surface area contributed by atoms with Gasteiger partial charge in [0.1, 0.15) is 0 Å². The molecule has 3 nitrogen and oxygen atoms in total. The van der Waals surface area contributed by atoms with Crippen LogP contribution in [0.3, 0.4) is 0 Å². The van der Waals surface area contributed by atoms with Crippen molar-refractivity contribution in [3.63, 3.8) is 0 Å². The minimum absolute atomic E-state index is 0.0372. The van der Waals surface area contributed by atoms with Crippen LogP contribution in [0.2, 0.25) is 0 Å². The molecular weight excluding hydrogens is 236 g/mol. The highest BCUT2D eigenvalue weighted by Crippen LogP contribution is 2.22. The summed E-state index contributed by atoms with van der Waals surface area (Å²) in [6, 6.07) is 8.05. The van der Waals surface area contributed by atoms with Crippen LogP contribution in [0.1, 0.15) is 48.5 Å². The summed E-state index contributed by atoms with van der Waals surface area (Å²) in [5.41, 5.74) is 8.01. The topological polar surface area (TPSA) is 55.1 Å². The number of benzene rings is 1. The van der Waals surface area contributed by atoms with Crippen LogP contribution >= 0.6 is 0 Å². The number of nitrogens with one attached hydrogen (secondary N) is 1. The number of rotatable bonds is 4. The molecule has 0 heterocycles. The average Bonchev–Trinajstić information content (AvgIpc) is 2.46. The van der Waals surface area contributed by atoms with E-state index in [4.69, 9.17) is 5.73 Å². The lowest BCUT2D eigenvalue weighted by Crippen LogP contribution is -2.41. The molecule has 2 rings (SSSR count). The molecule has 1 amide bonds. The van der Waals surface area contributed by atoms with Gasteiger partial charge in [-0.3, -0.25) is 4.79 Å². The van der Waals surface area contributed by atoms with Gasteiger partial charge in [-0.1, -0.05) is 38.0 Å². The van der Waals surface area contributed by atoms with Gasteiger partial charge in [0, 0.05) is 18.2 Å². The smallest absolute Gasteiger partial charge is 0.251 e. The molecule has 1 aliphatic rings. The first-order chi connectivity index (χ1) is 9.22. The van der Waals surface area contributed by atoms with Crippen molar-refractivity contribution in [2.75, 3.05) is 6.54 Å². The number of amides is 1. The molecule has 1 aromatic rings. The second kappa shape index (κ2) is 6.71. The maximum atomic E-state index is 12.2. The molecule has 0 aromatic heterocycles. The van der Waals surface area contributed by atoms with E-state index in [1.165, 1.54) is 12.8 Å². The number of hydrogen-bond acceptors (Lipinski definition) is 2. The van der Waals surface area contributed by atoms with Crippen LogP contribution in [0.5, 0.6) is 0 Å². The predicted octanol–water partition coefficient (Wildman–Crippen LogP) is 2.50. The van der Waals surface area contributed by atoms with Crippen molar-refractivity contribution >= 4 is 5.91 Å². The van der Waals surface area contributed by atoms with E-state index in [2.05, 4.69) is 12.2 Å². The minimum atomic E-state index is 0.0372. The van der Waals surface area contributed by atoms with Crippen LogP contribution in [-0.4, -0.2) is 18.5 Å². The largest absolute Gasteiger partial charge is 0.352 e. The number of hydrogen-bond donors (Lipinski definition) is 2. The zero-order valence-corrected chi connectivity index (χ0v) is 11.7. The van der Waals surface area contributed by atoms with E-state index in [0.717, 1.165) is 30.4 Å². The molecule has 2 unspecified atom stereocenters. The number of carbonyl (C=O) groups is 1. The third-order valence-electron chi connectivity index (χ3n) is 4.14. The van der Waals surface area contributed by atoms with E-state index >= 15 is 0 Å². The Morgan fingerprint density at radius 3 is 2.79 bits per heavy atom. The fourth-order valence-corrected chi connectivity index (χ4v) is 2.86. The fourth-order valence-electron chi connectivity index (χ4n) is 2.86. The van der Waals surface area contributed by atoms with Gasteiger partial charge >= 0.3 is 0 Å². The Bertz CT molecular complexity index is 431. The molecule has 1 fully saturated rings. The van der Waals surface area contributed by atoms with E-state index in [9.17, 15) is 4.79 Å². The van der Waals surface area contributed by atoms with Crippen molar-refractivity contribution in [1.29, 1.82) is 0 Å².